The molecule has 0 fully saturated rings. The number of para-hydroxylation sites is 1. The van der Waals surface area contributed by atoms with E-state index >= 15 is 0 Å². The van der Waals surface area contributed by atoms with E-state index in [4.69, 9.17) is 11.6 Å². The zero-order valence-electron chi connectivity index (χ0n) is 12.6. The molecule has 0 saturated heterocycles. The largest absolute Gasteiger partial charge is 0.209 e. The lowest BCUT2D eigenvalue weighted by Gasteiger charge is -2.15. The van der Waals surface area contributed by atoms with E-state index in [1.807, 2.05) is 24.3 Å². The van der Waals surface area contributed by atoms with Crippen LogP contribution in [-0.2, 0) is 5.41 Å². The van der Waals surface area contributed by atoms with E-state index in [9.17, 15) is 0 Å². The molecule has 0 atom stereocenters. The van der Waals surface area contributed by atoms with Crippen molar-refractivity contribution in [2.45, 2.75) is 19.3 Å². The maximum absolute atomic E-state index is 5.93. The first kappa shape index (κ1) is 14.1. The molecular formula is C19H19ClN+. The van der Waals surface area contributed by atoms with Crippen molar-refractivity contribution in [3.8, 4) is 0 Å². The minimum Gasteiger partial charge on any atom is -0.198 e. The summed E-state index contributed by atoms with van der Waals surface area (Å²) in [7, 11) is 2.13. The summed E-state index contributed by atoms with van der Waals surface area (Å²) < 4.78 is 2.28. The van der Waals surface area contributed by atoms with Gasteiger partial charge < -0.3 is 0 Å². The number of halogens is 1. The first-order chi connectivity index (χ1) is 10.00. The molecule has 3 rings (SSSR count). The van der Waals surface area contributed by atoms with Crippen molar-refractivity contribution in [1.82, 2.24) is 0 Å². The van der Waals surface area contributed by atoms with Crippen molar-refractivity contribution in [1.29, 1.82) is 0 Å². The molecule has 0 bridgehead atoms. The summed E-state index contributed by atoms with van der Waals surface area (Å²) in [5, 5.41) is 0.769. The number of hydrogen-bond acceptors (Lipinski definition) is 0. The molecule has 0 unspecified atom stereocenters. The van der Waals surface area contributed by atoms with Gasteiger partial charge in [0.25, 0.3) is 0 Å². The van der Waals surface area contributed by atoms with Crippen molar-refractivity contribution in [2.24, 2.45) is 0 Å². The Kier molecular flexibility index (Phi) is 3.46. The van der Waals surface area contributed by atoms with Crippen LogP contribution in [0.15, 0.2) is 54.6 Å². The summed E-state index contributed by atoms with van der Waals surface area (Å²) in [6.45, 7) is 4.55. The highest BCUT2D eigenvalue weighted by atomic mass is 35.5. The molecular weight excluding hydrogens is 278 g/mol. The minimum atomic E-state index is 0.0221. The van der Waals surface area contributed by atoms with Gasteiger partial charge in [0.05, 0.1) is 5.41 Å². The van der Waals surface area contributed by atoms with E-state index in [-0.39, 0.29) is 5.41 Å². The minimum absolute atomic E-state index is 0.0221. The fraction of sp³-hybridized carbons (Fsp3) is 0.211. The second-order valence-electron chi connectivity index (χ2n) is 5.97. The Labute approximate surface area is 131 Å². The summed E-state index contributed by atoms with van der Waals surface area (Å²) in [6.07, 6.45) is 4.36. The average molecular weight is 297 g/mol. The lowest BCUT2D eigenvalue weighted by atomic mass is 9.81. The summed E-state index contributed by atoms with van der Waals surface area (Å²) in [5.74, 6) is 0. The molecule has 106 valence electrons. The topological polar surface area (TPSA) is 3.01 Å². The lowest BCUT2D eigenvalue weighted by Crippen LogP contribution is -2.26. The number of nitrogens with zero attached hydrogens (tertiary/aromatic N) is 1. The van der Waals surface area contributed by atoms with Gasteiger partial charge in [-0.3, -0.25) is 0 Å². The van der Waals surface area contributed by atoms with Gasteiger partial charge in [-0.2, -0.15) is 4.58 Å². The smallest absolute Gasteiger partial charge is 0.198 e. The highest BCUT2D eigenvalue weighted by Gasteiger charge is 2.42. The van der Waals surface area contributed by atoms with Crippen LogP contribution in [0.25, 0.3) is 6.08 Å². The molecule has 0 radical (unpaired) electrons. The van der Waals surface area contributed by atoms with E-state index in [1.54, 1.807) is 0 Å². The van der Waals surface area contributed by atoms with Crippen LogP contribution >= 0.6 is 11.6 Å². The van der Waals surface area contributed by atoms with Gasteiger partial charge in [0.15, 0.2) is 5.71 Å². The van der Waals surface area contributed by atoms with Crippen LogP contribution in [-0.4, -0.2) is 17.3 Å². The number of fused-ring (bicyclic) bond motifs is 1. The Morgan fingerprint density at radius 2 is 1.62 bits per heavy atom. The van der Waals surface area contributed by atoms with Crippen molar-refractivity contribution < 1.29 is 4.58 Å². The van der Waals surface area contributed by atoms with Gasteiger partial charge in [-0.25, -0.2) is 0 Å². The Bertz CT molecular complexity index is 736. The molecule has 1 aliphatic rings. The van der Waals surface area contributed by atoms with Gasteiger partial charge in [-0.05, 0) is 37.6 Å². The number of rotatable bonds is 2. The van der Waals surface area contributed by atoms with E-state index in [1.165, 1.54) is 17.0 Å². The molecule has 1 heterocycles. The molecule has 0 saturated carbocycles. The van der Waals surface area contributed by atoms with Crippen LogP contribution in [0.1, 0.15) is 25.0 Å². The van der Waals surface area contributed by atoms with Gasteiger partial charge in [0.1, 0.15) is 7.05 Å². The number of allylic oxidation sites excluding steroid dienone is 1. The second kappa shape index (κ2) is 5.16. The zero-order valence-corrected chi connectivity index (χ0v) is 13.4. The third kappa shape index (κ3) is 2.43. The fourth-order valence-corrected chi connectivity index (χ4v) is 3.18. The Hall–Kier alpha value is -1.86. The van der Waals surface area contributed by atoms with E-state index in [0.717, 1.165) is 10.6 Å². The molecule has 2 aromatic rings. The Balaban J connectivity index is 2.00. The molecule has 1 aliphatic heterocycles. The zero-order chi connectivity index (χ0) is 15.0. The molecule has 0 spiro atoms. The van der Waals surface area contributed by atoms with Crippen molar-refractivity contribution in [3.05, 3.63) is 70.8 Å². The van der Waals surface area contributed by atoms with Crippen LogP contribution in [0.2, 0.25) is 5.02 Å². The van der Waals surface area contributed by atoms with Crippen molar-refractivity contribution in [3.63, 3.8) is 0 Å². The van der Waals surface area contributed by atoms with E-state index < -0.39 is 0 Å². The summed E-state index contributed by atoms with van der Waals surface area (Å²) in [5.41, 5.74) is 5.15. The van der Waals surface area contributed by atoms with Crippen LogP contribution in [0.3, 0.4) is 0 Å². The maximum Gasteiger partial charge on any atom is 0.209 e. The molecule has 2 aromatic carbocycles. The molecule has 0 aromatic heterocycles. The number of benzene rings is 2. The van der Waals surface area contributed by atoms with Gasteiger partial charge in [0, 0.05) is 22.7 Å². The summed E-state index contributed by atoms with van der Waals surface area (Å²) in [4.78, 5) is 0. The third-order valence-electron chi connectivity index (χ3n) is 4.24. The van der Waals surface area contributed by atoms with Crippen LogP contribution < -0.4 is 0 Å². The molecule has 21 heavy (non-hydrogen) atoms. The van der Waals surface area contributed by atoms with Crippen LogP contribution in [0.4, 0.5) is 5.69 Å². The quantitative estimate of drug-likeness (QED) is 0.682. The van der Waals surface area contributed by atoms with Gasteiger partial charge >= 0.3 is 0 Å². The van der Waals surface area contributed by atoms with Crippen molar-refractivity contribution in [2.75, 3.05) is 7.05 Å². The molecule has 0 aliphatic carbocycles. The molecule has 1 nitrogen and oxygen atoms in total. The highest BCUT2D eigenvalue weighted by molar-refractivity contribution is 6.30. The average Bonchev–Trinajstić information content (AvgIpc) is 2.67. The standard InChI is InChI=1S/C19H19ClN/c1-19(2)16-6-4-5-7-17(16)21(3)18(19)13-10-14-8-11-15(20)12-9-14/h4-13H,1-3H3/q+1. The van der Waals surface area contributed by atoms with Crippen LogP contribution in [0, 0.1) is 0 Å². The SMILES string of the molecule is C[N+]1=C(C=Cc2ccc(Cl)cc2)C(C)(C)c2ccccc21. The third-order valence-corrected chi connectivity index (χ3v) is 4.50. The molecule has 0 N–H and O–H groups in total. The number of hydrogen-bond donors (Lipinski definition) is 0. The normalized spacial score (nSPS) is 16.6. The highest BCUT2D eigenvalue weighted by Crippen LogP contribution is 2.39. The van der Waals surface area contributed by atoms with Crippen molar-refractivity contribution >= 4 is 29.1 Å². The Morgan fingerprint density at radius 1 is 0.952 bits per heavy atom. The summed E-state index contributed by atoms with van der Waals surface area (Å²) in [6, 6.07) is 16.5. The summed E-state index contributed by atoms with van der Waals surface area (Å²) >= 11 is 5.93. The second-order valence-corrected chi connectivity index (χ2v) is 6.41. The molecule has 2 heteroatoms. The first-order valence-corrected chi connectivity index (χ1v) is 7.52. The molecule has 0 amide bonds. The van der Waals surface area contributed by atoms with Gasteiger partial charge in [-0.1, -0.05) is 41.9 Å². The Morgan fingerprint density at radius 3 is 2.29 bits per heavy atom. The predicted molar refractivity (Wildman–Crippen MR) is 90.8 cm³/mol. The first-order valence-electron chi connectivity index (χ1n) is 7.14. The fourth-order valence-electron chi connectivity index (χ4n) is 3.05. The predicted octanol–water partition coefficient (Wildman–Crippen LogP) is 5.06. The lowest BCUT2D eigenvalue weighted by molar-refractivity contribution is -0.401. The monoisotopic (exact) mass is 296 g/mol. The van der Waals surface area contributed by atoms with Gasteiger partial charge in [0.2, 0.25) is 5.69 Å². The maximum atomic E-state index is 5.93. The van der Waals surface area contributed by atoms with Crippen LogP contribution in [0.5, 0.6) is 0 Å². The van der Waals surface area contributed by atoms with E-state index in [2.05, 4.69) is 61.9 Å². The van der Waals surface area contributed by atoms with E-state index in [0.29, 0.717) is 0 Å². The van der Waals surface area contributed by atoms with Gasteiger partial charge in [-0.15, -0.1) is 0 Å².